The van der Waals surface area contributed by atoms with Crippen molar-refractivity contribution in [3.05, 3.63) is 58.3 Å². The van der Waals surface area contributed by atoms with Crippen LogP contribution >= 0.6 is 11.3 Å². The van der Waals surface area contributed by atoms with Gasteiger partial charge in [0.2, 0.25) is 0 Å². The van der Waals surface area contributed by atoms with Gasteiger partial charge in [-0.15, -0.1) is 11.3 Å². The van der Waals surface area contributed by atoms with Gasteiger partial charge < -0.3 is 9.47 Å². The number of hydrogen-bond donors (Lipinski definition) is 0. The van der Waals surface area contributed by atoms with Crippen LogP contribution in [0.5, 0.6) is 0 Å². The van der Waals surface area contributed by atoms with Crippen LogP contribution in [0.25, 0.3) is 20.2 Å². The second-order valence-corrected chi connectivity index (χ2v) is 8.64. The van der Waals surface area contributed by atoms with Gasteiger partial charge in [-0.25, -0.2) is 0 Å². The lowest BCUT2D eigenvalue weighted by Crippen LogP contribution is -2.30. The number of benzene rings is 2. The fourth-order valence-electron chi connectivity index (χ4n) is 3.31. The Hall–Kier alpha value is -2.73. The normalized spacial score (nSPS) is 11.2. The molecule has 3 rings (SSSR count). The minimum atomic E-state index is -1.04. The lowest BCUT2D eigenvalue weighted by atomic mass is 9.98. The molecule has 2 aromatic carbocycles. The highest BCUT2D eigenvalue weighted by atomic mass is 32.1. The molecule has 0 spiro atoms. The van der Waals surface area contributed by atoms with Crippen molar-refractivity contribution in [3.8, 4) is 0 Å². The summed E-state index contributed by atoms with van der Waals surface area (Å²) in [5, 5.41) is 1.27. The molecule has 3 aromatic rings. The molecule has 0 bridgehead atoms. The summed E-state index contributed by atoms with van der Waals surface area (Å²) in [6.45, 7) is 4.57. The largest absolute Gasteiger partial charge is 0.465 e. The van der Waals surface area contributed by atoms with Gasteiger partial charge in [0, 0.05) is 20.2 Å². The van der Waals surface area contributed by atoms with Gasteiger partial charge in [0.05, 0.1) is 13.2 Å². The molecular weight excluding hydrogens is 412 g/mol. The highest BCUT2D eigenvalue weighted by Crippen LogP contribution is 2.26. The standard InChI is InChI=1S/C25H28O5S/c1-3-5-13-29-24(27)20(25(28)30-14-6-4-2)16-17-11-12-22-19(15-17)23(26)18-9-7-8-10-21(18)31-22/h7-12,15,20H,3-6,13-14,16H2,1-2H3. The van der Waals surface area contributed by atoms with Crippen molar-refractivity contribution in [1.29, 1.82) is 0 Å². The lowest BCUT2D eigenvalue weighted by molar-refractivity contribution is -0.162. The van der Waals surface area contributed by atoms with Crippen LogP contribution in [0.3, 0.4) is 0 Å². The van der Waals surface area contributed by atoms with Crippen LogP contribution in [-0.4, -0.2) is 25.2 Å². The van der Waals surface area contributed by atoms with Crippen LogP contribution in [0.15, 0.2) is 47.3 Å². The van der Waals surface area contributed by atoms with Crippen molar-refractivity contribution in [2.45, 2.75) is 46.0 Å². The molecular formula is C25H28O5S. The first kappa shape index (κ1) is 22.9. The van der Waals surface area contributed by atoms with E-state index in [1.807, 2.05) is 50.2 Å². The van der Waals surface area contributed by atoms with Crippen molar-refractivity contribution in [1.82, 2.24) is 0 Å². The number of carbonyl (C=O) groups is 2. The highest BCUT2D eigenvalue weighted by molar-refractivity contribution is 7.24. The second kappa shape index (κ2) is 11.0. The van der Waals surface area contributed by atoms with Crippen LogP contribution in [0.4, 0.5) is 0 Å². The molecule has 0 radical (unpaired) electrons. The minimum Gasteiger partial charge on any atom is -0.465 e. The van der Waals surface area contributed by atoms with Crippen molar-refractivity contribution < 1.29 is 19.1 Å². The van der Waals surface area contributed by atoms with Crippen LogP contribution in [0, 0.1) is 5.92 Å². The molecule has 0 N–H and O–H groups in total. The average Bonchev–Trinajstić information content (AvgIpc) is 2.78. The van der Waals surface area contributed by atoms with Crippen molar-refractivity contribution in [2.75, 3.05) is 13.2 Å². The molecule has 1 heterocycles. The van der Waals surface area contributed by atoms with Gasteiger partial charge in [-0.1, -0.05) is 44.9 Å². The van der Waals surface area contributed by atoms with Crippen molar-refractivity contribution >= 4 is 43.4 Å². The molecule has 31 heavy (non-hydrogen) atoms. The molecule has 164 valence electrons. The zero-order chi connectivity index (χ0) is 22.2. The lowest BCUT2D eigenvalue weighted by Gasteiger charge is -2.16. The third-order valence-electron chi connectivity index (χ3n) is 5.13. The zero-order valence-electron chi connectivity index (χ0n) is 18.0. The summed E-state index contributed by atoms with van der Waals surface area (Å²) in [6.07, 6.45) is 3.42. The Kier molecular flexibility index (Phi) is 8.18. The number of carbonyl (C=O) groups excluding carboxylic acids is 2. The van der Waals surface area contributed by atoms with E-state index in [1.54, 1.807) is 17.4 Å². The number of esters is 2. The summed E-state index contributed by atoms with van der Waals surface area (Å²) in [6, 6.07) is 13.0. The zero-order valence-corrected chi connectivity index (χ0v) is 18.8. The Morgan fingerprint density at radius 1 is 0.871 bits per heavy atom. The third kappa shape index (κ3) is 5.70. The summed E-state index contributed by atoms with van der Waals surface area (Å²) < 4.78 is 12.4. The van der Waals surface area contributed by atoms with Gasteiger partial charge in [-0.05, 0) is 49.1 Å². The maximum absolute atomic E-state index is 13.0. The predicted octanol–water partition coefficient (Wildman–Crippen LogP) is 5.26. The Labute approximate surface area is 186 Å². The fourth-order valence-corrected chi connectivity index (χ4v) is 4.36. The minimum absolute atomic E-state index is 0.0428. The second-order valence-electron chi connectivity index (χ2n) is 7.56. The van der Waals surface area contributed by atoms with E-state index in [4.69, 9.17) is 9.47 Å². The van der Waals surface area contributed by atoms with Gasteiger partial charge >= 0.3 is 11.9 Å². The van der Waals surface area contributed by atoms with Gasteiger partial charge in [0.15, 0.2) is 11.3 Å². The molecule has 0 aliphatic carbocycles. The molecule has 0 aliphatic rings. The molecule has 5 nitrogen and oxygen atoms in total. The monoisotopic (exact) mass is 440 g/mol. The van der Waals surface area contributed by atoms with Crippen LogP contribution in [-0.2, 0) is 25.5 Å². The maximum atomic E-state index is 13.0. The molecule has 0 atom stereocenters. The molecule has 1 aromatic heterocycles. The first-order valence-corrected chi connectivity index (χ1v) is 11.6. The van der Waals surface area contributed by atoms with E-state index in [1.165, 1.54) is 0 Å². The van der Waals surface area contributed by atoms with Gasteiger partial charge in [0.1, 0.15) is 0 Å². The van der Waals surface area contributed by atoms with Crippen LogP contribution < -0.4 is 5.43 Å². The summed E-state index contributed by atoms with van der Waals surface area (Å²) >= 11 is 1.55. The summed E-state index contributed by atoms with van der Waals surface area (Å²) in [5.74, 6) is -2.18. The molecule has 0 aliphatic heterocycles. The van der Waals surface area contributed by atoms with E-state index in [-0.39, 0.29) is 25.1 Å². The number of fused-ring (bicyclic) bond motifs is 2. The predicted molar refractivity (Wildman–Crippen MR) is 125 cm³/mol. The average molecular weight is 441 g/mol. The van der Waals surface area contributed by atoms with Crippen molar-refractivity contribution in [3.63, 3.8) is 0 Å². The third-order valence-corrected chi connectivity index (χ3v) is 6.29. The van der Waals surface area contributed by atoms with Gasteiger partial charge in [0.25, 0.3) is 0 Å². The summed E-state index contributed by atoms with van der Waals surface area (Å²) in [5.41, 5.74) is 0.691. The molecule has 0 amide bonds. The van der Waals surface area contributed by atoms with Gasteiger partial charge in [-0.2, -0.15) is 0 Å². The number of rotatable bonds is 10. The van der Waals surface area contributed by atoms with E-state index in [0.717, 1.165) is 40.6 Å². The first-order valence-electron chi connectivity index (χ1n) is 10.8. The van der Waals surface area contributed by atoms with E-state index in [9.17, 15) is 14.4 Å². The molecule has 0 unspecified atom stereocenters. The Morgan fingerprint density at radius 3 is 2.13 bits per heavy atom. The number of unbranched alkanes of at least 4 members (excludes halogenated alkanes) is 2. The van der Waals surface area contributed by atoms with E-state index in [2.05, 4.69) is 0 Å². The smallest absolute Gasteiger partial charge is 0.320 e. The highest BCUT2D eigenvalue weighted by Gasteiger charge is 2.30. The Morgan fingerprint density at radius 2 is 1.48 bits per heavy atom. The van der Waals surface area contributed by atoms with E-state index >= 15 is 0 Å². The van der Waals surface area contributed by atoms with Gasteiger partial charge in [-0.3, -0.25) is 14.4 Å². The van der Waals surface area contributed by atoms with Crippen LogP contribution in [0.1, 0.15) is 45.1 Å². The number of ether oxygens (including phenoxy) is 2. The Bertz CT molecular complexity index is 1100. The number of hydrogen-bond acceptors (Lipinski definition) is 6. The molecule has 0 saturated heterocycles. The molecule has 0 fully saturated rings. The molecule has 0 saturated carbocycles. The fraction of sp³-hybridized carbons (Fsp3) is 0.400. The van der Waals surface area contributed by atoms with E-state index in [0.29, 0.717) is 10.8 Å². The summed E-state index contributed by atoms with van der Waals surface area (Å²) in [4.78, 5) is 38.2. The van der Waals surface area contributed by atoms with E-state index < -0.39 is 17.9 Å². The Balaban J connectivity index is 1.88. The van der Waals surface area contributed by atoms with Crippen molar-refractivity contribution in [2.24, 2.45) is 5.92 Å². The van der Waals surface area contributed by atoms with Crippen LogP contribution in [0.2, 0.25) is 0 Å². The maximum Gasteiger partial charge on any atom is 0.320 e. The topological polar surface area (TPSA) is 69.7 Å². The SMILES string of the molecule is CCCCOC(=O)C(Cc1ccc2sc3ccccc3c(=O)c2c1)C(=O)OCCCC. The first-order chi connectivity index (χ1) is 15.0. The quantitative estimate of drug-likeness (QED) is 0.186. The molecule has 6 heteroatoms. The summed E-state index contributed by atoms with van der Waals surface area (Å²) in [7, 11) is 0.